The highest BCUT2D eigenvalue weighted by molar-refractivity contribution is 9.10. The Kier molecular flexibility index (Phi) is 1.80. The van der Waals surface area contributed by atoms with E-state index in [4.69, 9.17) is 4.74 Å². The predicted molar refractivity (Wildman–Crippen MR) is 54.2 cm³/mol. The van der Waals surface area contributed by atoms with Gasteiger partial charge in [-0.3, -0.25) is 0 Å². The molecule has 0 saturated carbocycles. The molecule has 3 heteroatoms. The molecule has 0 saturated heterocycles. The first kappa shape index (κ1) is 8.88. The third-order valence-electron chi connectivity index (χ3n) is 2.11. The van der Waals surface area contributed by atoms with Gasteiger partial charge in [0.2, 0.25) is 0 Å². The lowest BCUT2D eigenvalue weighted by Crippen LogP contribution is -2.24. The minimum atomic E-state index is -0.194. The fraction of sp³-hybridized carbons (Fsp3) is 0.400. The van der Waals surface area contributed by atoms with Gasteiger partial charge in [-0.1, -0.05) is 15.9 Å². The molecule has 1 aliphatic rings. The van der Waals surface area contributed by atoms with E-state index in [1.165, 1.54) is 0 Å². The van der Waals surface area contributed by atoms with Crippen molar-refractivity contribution in [2.24, 2.45) is 0 Å². The van der Waals surface area contributed by atoms with E-state index >= 15 is 0 Å². The van der Waals surface area contributed by atoms with Gasteiger partial charge in [0.25, 0.3) is 0 Å². The highest BCUT2D eigenvalue weighted by atomic mass is 79.9. The molecule has 0 bridgehead atoms. The van der Waals surface area contributed by atoms with Crippen LogP contribution in [0, 0.1) is 0 Å². The van der Waals surface area contributed by atoms with Crippen LogP contribution in [-0.4, -0.2) is 10.7 Å². The lowest BCUT2D eigenvalue weighted by molar-refractivity contribution is 0.134. The maximum absolute atomic E-state index is 9.59. The Hall–Kier alpha value is -0.700. The predicted octanol–water partition coefficient (Wildman–Crippen LogP) is 2.87. The van der Waals surface area contributed by atoms with Gasteiger partial charge in [0.1, 0.15) is 5.60 Å². The topological polar surface area (TPSA) is 29.5 Å². The van der Waals surface area contributed by atoms with Gasteiger partial charge in [0, 0.05) is 16.5 Å². The van der Waals surface area contributed by atoms with Crippen LogP contribution < -0.4 is 4.74 Å². The molecule has 0 atom stereocenters. The van der Waals surface area contributed by atoms with Crippen LogP contribution >= 0.6 is 15.9 Å². The van der Waals surface area contributed by atoms with Gasteiger partial charge in [-0.05, 0) is 26.0 Å². The summed E-state index contributed by atoms with van der Waals surface area (Å²) in [5, 5.41) is 9.59. The van der Waals surface area contributed by atoms with Crippen LogP contribution in [0.5, 0.6) is 11.5 Å². The Labute approximate surface area is 85.7 Å². The number of phenolic OH excluding ortho intramolecular Hbond substituents is 1. The zero-order valence-electron chi connectivity index (χ0n) is 7.60. The summed E-state index contributed by atoms with van der Waals surface area (Å²) in [6, 6.07) is 3.64. The van der Waals surface area contributed by atoms with Crippen molar-refractivity contribution in [2.45, 2.75) is 25.9 Å². The third kappa shape index (κ3) is 1.53. The van der Waals surface area contributed by atoms with E-state index in [1.807, 2.05) is 19.9 Å². The highest BCUT2D eigenvalue weighted by Crippen LogP contribution is 2.42. The number of aromatic hydroxyl groups is 1. The summed E-state index contributed by atoms with van der Waals surface area (Å²) >= 11 is 3.34. The van der Waals surface area contributed by atoms with Crippen LogP contribution in [-0.2, 0) is 6.42 Å². The molecule has 1 N–H and O–H groups in total. The minimum Gasteiger partial charge on any atom is -0.504 e. The largest absolute Gasteiger partial charge is 0.504 e. The number of phenols is 1. The van der Waals surface area contributed by atoms with Crippen LogP contribution in [0.15, 0.2) is 16.6 Å². The molecule has 1 aromatic rings. The molecule has 70 valence electrons. The molecule has 13 heavy (non-hydrogen) atoms. The van der Waals surface area contributed by atoms with Crippen molar-refractivity contribution < 1.29 is 9.84 Å². The molecular weight excluding hydrogens is 232 g/mol. The summed E-state index contributed by atoms with van der Waals surface area (Å²) < 4.78 is 6.50. The zero-order chi connectivity index (χ0) is 9.64. The average Bonchev–Trinajstić information content (AvgIpc) is 2.23. The molecule has 0 unspecified atom stereocenters. The number of ether oxygens (including phenoxy) is 1. The molecular formula is C10H11BrO2. The van der Waals surface area contributed by atoms with Crippen molar-refractivity contribution in [3.63, 3.8) is 0 Å². The number of rotatable bonds is 0. The van der Waals surface area contributed by atoms with Crippen LogP contribution in [0.3, 0.4) is 0 Å². The van der Waals surface area contributed by atoms with Gasteiger partial charge in [-0.2, -0.15) is 0 Å². The van der Waals surface area contributed by atoms with E-state index in [9.17, 15) is 5.11 Å². The second-order valence-electron chi connectivity index (χ2n) is 3.95. The summed E-state index contributed by atoms with van der Waals surface area (Å²) in [7, 11) is 0. The summed E-state index contributed by atoms with van der Waals surface area (Å²) in [6.45, 7) is 4.03. The van der Waals surface area contributed by atoms with Crippen molar-refractivity contribution >= 4 is 15.9 Å². The quantitative estimate of drug-likeness (QED) is 0.759. The van der Waals surface area contributed by atoms with E-state index < -0.39 is 0 Å². The lowest BCUT2D eigenvalue weighted by Gasteiger charge is -2.17. The first-order valence-corrected chi connectivity index (χ1v) is 4.98. The van der Waals surface area contributed by atoms with Crippen molar-refractivity contribution in [1.29, 1.82) is 0 Å². The Morgan fingerprint density at radius 1 is 1.46 bits per heavy atom. The van der Waals surface area contributed by atoms with E-state index in [0.717, 1.165) is 16.5 Å². The third-order valence-corrected chi connectivity index (χ3v) is 2.56. The normalized spacial score (nSPS) is 18.1. The first-order chi connectivity index (χ1) is 5.98. The zero-order valence-corrected chi connectivity index (χ0v) is 9.18. The fourth-order valence-corrected chi connectivity index (χ4v) is 2.15. The van der Waals surface area contributed by atoms with Gasteiger partial charge in [0.05, 0.1) is 0 Å². The van der Waals surface area contributed by atoms with Crippen molar-refractivity contribution in [3.8, 4) is 11.5 Å². The molecule has 0 radical (unpaired) electrons. The van der Waals surface area contributed by atoms with Crippen LogP contribution in [0.1, 0.15) is 19.4 Å². The first-order valence-electron chi connectivity index (χ1n) is 4.18. The molecule has 1 heterocycles. The number of halogens is 1. The van der Waals surface area contributed by atoms with E-state index in [1.54, 1.807) is 6.07 Å². The molecule has 0 aliphatic carbocycles. The SMILES string of the molecule is CC1(C)Cc2cc(Br)cc(O)c2O1. The van der Waals surface area contributed by atoms with Gasteiger partial charge in [0.15, 0.2) is 11.5 Å². The summed E-state index contributed by atoms with van der Waals surface area (Å²) in [5.74, 6) is 0.850. The fourth-order valence-electron chi connectivity index (χ4n) is 1.65. The number of fused-ring (bicyclic) bond motifs is 1. The Morgan fingerprint density at radius 3 is 2.85 bits per heavy atom. The second-order valence-corrected chi connectivity index (χ2v) is 4.87. The lowest BCUT2D eigenvalue weighted by atomic mass is 10.0. The van der Waals surface area contributed by atoms with Gasteiger partial charge in [-0.15, -0.1) is 0 Å². The molecule has 2 rings (SSSR count). The van der Waals surface area contributed by atoms with E-state index in [0.29, 0.717) is 5.75 Å². The standard InChI is InChI=1S/C10H11BrO2/c1-10(2)5-6-3-7(11)4-8(12)9(6)13-10/h3-4,12H,5H2,1-2H3. The molecule has 0 aromatic heterocycles. The summed E-state index contributed by atoms with van der Waals surface area (Å²) in [5.41, 5.74) is 0.873. The number of hydrogen-bond acceptors (Lipinski definition) is 2. The van der Waals surface area contributed by atoms with E-state index in [-0.39, 0.29) is 11.4 Å². The van der Waals surface area contributed by atoms with Crippen molar-refractivity contribution in [3.05, 3.63) is 22.2 Å². The number of benzene rings is 1. The van der Waals surface area contributed by atoms with Crippen LogP contribution in [0.2, 0.25) is 0 Å². The van der Waals surface area contributed by atoms with Crippen LogP contribution in [0.25, 0.3) is 0 Å². The number of hydrogen-bond donors (Lipinski definition) is 1. The maximum atomic E-state index is 9.59. The monoisotopic (exact) mass is 242 g/mol. The smallest absolute Gasteiger partial charge is 0.165 e. The molecule has 0 amide bonds. The van der Waals surface area contributed by atoms with Crippen molar-refractivity contribution in [2.75, 3.05) is 0 Å². The maximum Gasteiger partial charge on any atom is 0.165 e. The molecule has 1 aromatic carbocycles. The molecule has 0 fully saturated rings. The Balaban J connectivity index is 2.52. The summed E-state index contributed by atoms with van der Waals surface area (Å²) in [4.78, 5) is 0. The molecule has 0 spiro atoms. The highest BCUT2D eigenvalue weighted by Gasteiger charge is 2.32. The Bertz CT molecular complexity index is 358. The van der Waals surface area contributed by atoms with E-state index in [2.05, 4.69) is 15.9 Å². The van der Waals surface area contributed by atoms with Crippen molar-refractivity contribution in [1.82, 2.24) is 0 Å². The molecule has 1 aliphatic heterocycles. The Morgan fingerprint density at radius 2 is 2.15 bits per heavy atom. The second kappa shape index (κ2) is 2.64. The van der Waals surface area contributed by atoms with Gasteiger partial charge >= 0.3 is 0 Å². The average molecular weight is 243 g/mol. The van der Waals surface area contributed by atoms with Crippen LogP contribution in [0.4, 0.5) is 0 Å². The summed E-state index contributed by atoms with van der Waals surface area (Å²) in [6.07, 6.45) is 0.843. The minimum absolute atomic E-state index is 0.194. The van der Waals surface area contributed by atoms with Gasteiger partial charge in [-0.25, -0.2) is 0 Å². The van der Waals surface area contributed by atoms with Gasteiger partial charge < -0.3 is 9.84 Å². The molecule has 2 nitrogen and oxygen atoms in total.